The molecule has 0 aromatic heterocycles. The van der Waals surface area contributed by atoms with E-state index in [0.29, 0.717) is 5.56 Å². The molecule has 5 nitrogen and oxygen atoms in total. The molecule has 0 atom stereocenters. The van der Waals surface area contributed by atoms with Gasteiger partial charge in [0.25, 0.3) is 5.91 Å². The van der Waals surface area contributed by atoms with Crippen LogP contribution >= 0.6 is 0 Å². The minimum Gasteiger partial charge on any atom is -0.396 e. The monoisotopic (exact) mass is 256 g/mol. The first-order valence-corrected chi connectivity index (χ1v) is 5.43. The Bertz CT molecular complexity index is 459. The molecule has 0 aliphatic carbocycles. The number of rotatable bonds is 4. The van der Waals surface area contributed by atoms with Crippen molar-refractivity contribution in [2.24, 2.45) is 0 Å². The summed E-state index contributed by atoms with van der Waals surface area (Å²) in [5, 5.41) is 20.7. The molecule has 1 aromatic rings. The maximum Gasteiger partial charge on any atom is 0.252 e. The zero-order chi connectivity index (χ0) is 13.9. The Morgan fingerprint density at radius 1 is 1.44 bits per heavy atom. The highest BCUT2D eigenvalue weighted by atomic mass is 19.1. The van der Waals surface area contributed by atoms with Gasteiger partial charge in [-0.2, -0.15) is 0 Å². The van der Waals surface area contributed by atoms with Crippen molar-refractivity contribution < 1.29 is 19.4 Å². The van der Waals surface area contributed by atoms with Gasteiger partial charge >= 0.3 is 0 Å². The summed E-state index contributed by atoms with van der Waals surface area (Å²) >= 11 is 0. The van der Waals surface area contributed by atoms with Crippen LogP contribution in [0.3, 0.4) is 0 Å². The van der Waals surface area contributed by atoms with Gasteiger partial charge in [0.1, 0.15) is 5.82 Å². The van der Waals surface area contributed by atoms with Crippen molar-refractivity contribution in [1.82, 2.24) is 5.32 Å². The van der Waals surface area contributed by atoms with Crippen molar-refractivity contribution in [3.8, 4) is 0 Å². The second-order valence-corrected chi connectivity index (χ2v) is 4.52. The molecule has 1 aromatic carbocycles. The summed E-state index contributed by atoms with van der Waals surface area (Å²) in [6.07, 6.45) is 0. The molecule has 1 rings (SSSR count). The molecule has 0 saturated heterocycles. The van der Waals surface area contributed by atoms with Gasteiger partial charge in [0.2, 0.25) is 0 Å². The molecule has 0 unspecified atom stereocenters. The smallest absolute Gasteiger partial charge is 0.252 e. The predicted molar refractivity (Wildman–Crippen MR) is 65.6 cm³/mol. The first kappa shape index (κ1) is 14.4. The van der Waals surface area contributed by atoms with Gasteiger partial charge in [-0.05, 0) is 31.5 Å². The molecule has 18 heavy (non-hydrogen) atoms. The Kier molecular flexibility index (Phi) is 4.26. The van der Waals surface area contributed by atoms with E-state index in [4.69, 9.17) is 15.9 Å². The molecule has 0 bridgehead atoms. The summed E-state index contributed by atoms with van der Waals surface area (Å²) in [6, 6.07) is 2.40. The number of nitrogens with two attached hydrogens (primary N) is 1. The summed E-state index contributed by atoms with van der Waals surface area (Å²) < 4.78 is 13.2. The predicted octanol–water partition coefficient (Wildman–Crippen LogP) is 0.189. The highest BCUT2D eigenvalue weighted by Gasteiger charge is 2.26. The van der Waals surface area contributed by atoms with E-state index in [0.717, 1.165) is 0 Å². The lowest BCUT2D eigenvalue weighted by Crippen LogP contribution is -2.51. The highest BCUT2D eigenvalue weighted by molar-refractivity contribution is 5.97. The van der Waals surface area contributed by atoms with Gasteiger partial charge in [-0.15, -0.1) is 0 Å². The van der Waals surface area contributed by atoms with E-state index in [1.165, 1.54) is 19.1 Å². The van der Waals surface area contributed by atoms with Crippen LogP contribution in [0.4, 0.5) is 10.1 Å². The number of amides is 1. The first-order valence-electron chi connectivity index (χ1n) is 5.43. The maximum atomic E-state index is 13.2. The number of nitrogen functional groups attached to an aromatic ring is 1. The van der Waals surface area contributed by atoms with Crippen molar-refractivity contribution >= 4 is 11.6 Å². The topological polar surface area (TPSA) is 95.6 Å². The largest absolute Gasteiger partial charge is 0.396 e. The Labute approximate surface area is 104 Å². The van der Waals surface area contributed by atoms with Crippen LogP contribution in [0.1, 0.15) is 22.8 Å². The second kappa shape index (κ2) is 5.32. The third kappa shape index (κ3) is 2.96. The van der Waals surface area contributed by atoms with Crippen LogP contribution in [0.25, 0.3) is 0 Å². The molecule has 0 aliphatic heterocycles. The van der Waals surface area contributed by atoms with Gasteiger partial charge in [0.05, 0.1) is 24.4 Å². The third-order valence-corrected chi connectivity index (χ3v) is 2.70. The number of anilines is 1. The van der Waals surface area contributed by atoms with Crippen LogP contribution in [-0.4, -0.2) is 34.9 Å². The van der Waals surface area contributed by atoms with E-state index in [1.54, 1.807) is 6.92 Å². The summed E-state index contributed by atoms with van der Waals surface area (Å²) in [5.41, 5.74) is 4.78. The molecule has 5 N–H and O–H groups in total. The molecule has 100 valence electrons. The quantitative estimate of drug-likeness (QED) is 0.578. The summed E-state index contributed by atoms with van der Waals surface area (Å²) in [5.74, 6) is -1.11. The van der Waals surface area contributed by atoms with E-state index in [9.17, 15) is 9.18 Å². The lowest BCUT2D eigenvalue weighted by molar-refractivity contribution is 0.0723. The number of nitrogens with one attached hydrogen (secondary N) is 1. The van der Waals surface area contributed by atoms with Crippen molar-refractivity contribution in [2.45, 2.75) is 19.4 Å². The Morgan fingerprint density at radius 3 is 2.50 bits per heavy atom. The number of halogens is 1. The van der Waals surface area contributed by atoms with E-state index in [1.807, 2.05) is 0 Å². The lowest BCUT2D eigenvalue weighted by Gasteiger charge is -2.26. The summed E-state index contributed by atoms with van der Waals surface area (Å²) in [7, 11) is 0. The van der Waals surface area contributed by atoms with Gasteiger partial charge < -0.3 is 21.3 Å². The van der Waals surface area contributed by atoms with Gasteiger partial charge in [0, 0.05) is 5.56 Å². The average Bonchev–Trinajstić information content (AvgIpc) is 2.33. The van der Waals surface area contributed by atoms with Crippen molar-refractivity contribution in [2.75, 3.05) is 18.9 Å². The zero-order valence-corrected chi connectivity index (χ0v) is 10.3. The van der Waals surface area contributed by atoms with E-state index >= 15 is 0 Å². The van der Waals surface area contributed by atoms with Crippen LogP contribution in [0.5, 0.6) is 0 Å². The zero-order valence-electron chi connectivity index (χ0n) is 10.3. The van der Waals surface area contributed by atoms with Crippen LogP contribution in [0.15, 0.2) is 12.1 Å². The Morgan fingerprint density at radius 2 is 2.00 bits per heavy atom. The van der Waals surface area contributed by atoms with Crippen LogP contribution in [-0.2, 0) is 0 Å². The standard InChI is InChI=1S/C12H17FN2O3/c1-7-3-9(13)10(14)4-8(7)11(18)15-12(2,5-16)6-17/h3-4,16-17H,5-6,14H2,1-2H3,(H,15,18). The van der Waals surface area contributed by atoms with E-state index in [-0.39, 0.29) is 11.3 Å². The number of hydrogen-bond donors (Lipinski definition) is 4. The fourth-order valence-electron chi connectivity index (χ4n) is 1.40. The lowest BCUT2D eigenvalue weighted by atomic mass is 10.0. The number of aryl methyl sites for hydroxylation is 1. The number of aliphatic hydroxyl groups excluding tert-OH is 2. The Balaban J connectivity index is 3.01. The van der Waals surface area contributed by atoms with Gasteiger partial charge in [0.15, 0.2) is 0 Å². The number of carbonyl (C=O) groups excluding carboxylic acids is 1. The molecule has 1 amide bonds. The van der Waals surface area contributed by atoms with Crippen molar-refractivity contribution in [1.29, 1.82) is 0 Å². The van der Waals surface area contributed by atoms with E-state index < -0.39 is 30.5 Å². The summed E-state index contributed by atoms with van der Waals surface area (Å²) in [6.45, 7) is 2.25. The number of aliphatic hydroxyl groups is 2. The molecular formula is C12H17FN2O3. The minimum atomic E-state index is -1.13. The molecule has 0 saturated carbocycles. The maximum absolute atomic E-state index is 13.2. The third-order valence-electron chi connectivity index (χ3n) is 2.70. The normalized spacial score (nSPS) is 11.4. The van der Waals surface area contributed by atoms with Gasteiger partial charge in [-0.1, -0.05) is 0 Å². The number of benzene rings is 1. The average molecular weight is 256 g/mol. The SMILES string of the molecule is Cc1cc(F)c(N)cc1C(=O)NC(C)(CO)CO. The first-order chi connectivity index (χ1) is 8.33. The van der Waals surface area contributed by atoms with Crippen LogP contribution in [0.2, 0.25) is 0 Å². The highest BCUT2D eigenvalue weighted by Crippen LogP contribution is 2.18. The Hall–Kier alpha value is -1.66. The van der Waals surface area contributed by atoms with Gasteiger partial charge in [-0.25, -0.2) is 4.39 Å². The van der Waals surface area contributed by atoms with Gasteiger partial charge in [-0.3, -0.25) is 4.79 Å². The minimum absolute atomic E-state index is 0.125. The fraction of sp³-hybridized carbons (Fsp3) is 0.417. The number of carbonyl (C=O) groups is 1. The number of hydrogen-bond acceptors (Lipinski definition) is 4. The molecule has 0 spiro atoms. The molecule has 0 fully saturated rings. The molecule has 0 heterocycles. The van der Waals surface area contributed by atoms with Crippen LogP contribution < -0.4 is 11.1 Å². The van der Waals surface area contributed by atoms with Crippen LogP contribution in [0, 0.1) is 12.7 Å². The molecule has 0 radical (unpaired) electrons. The summed E-state index contributed by atoms with van der Waals surface area (Å²) in [4.78, 5) is 12.0. The van der Waals surface area contributed by atoms with Crippen molar-refractivity contribution in [3.05, 3.63) is 29.1 Å². The van der Waals surface area contributed by atoms with E-state index in [2.05, 4.69) is 5.32 Å². The molecule has 6 heteroatoms. The fourth-order valence-corrected chi connectivity index (χ4v) is 1.40. The second-order valence-electron chi connectivity index (χ2n) is 4.52. The van der Waals surface area contributed by atoms with Crippen molar-refractivity contribution in [3.63, 3.8) is 0 Å². The molecule has 0 aliphatic rings. The molecular weight excluding hydrogens is 239 g/mol.